The molecule has 0 bridgehead atoms. The number of hydrogen-bond donors (Lipinski definition) is 1. The summed E-state index contributed by atoms with van der Waals surface area (Å²) < 4.78 is 5.17. The molecule has 0 atom stereocenters. The molecule has 0 aliphatic heterocycles. The molecule has 0 heterocycles. The van der Waals surface area contributed by atoms with Crippen molar-refractivity contribution in [1.82, 2.24) is 0 Å². The predicted molar refractivity (Wildman–Crippen MR) is 69.6 cm³/mol. The topological polar surface area (TPSA) is 13.6 Å². The van der Waals surface area contributed by atoms with Crippen molar-refractivity contribution in [2.45, 2.75) is 25.8 Å². The van der Waals surface area contributed by atoms with Crippen LogP contribution in [-0.2, 0) is 16.7 Å². The molecule has 0 aliphatic rings. The lowest BCUT2D eigenvalue weighted by molar-refractivity contribution is 0.187. The fourth-order valence-electron chi connectivity index (χ4n) is 1.40. The maximum atomic E-state index is 7.13. The largest absolute Gasteiger partial charge is 0.371 e. The van der Waals surface area contributed by atoms with Gasteiger partial charge >= 0.3 is 0 Å². The average Bonchev–Trinajstić information content (AvgIpc) is 2.30. The highest BCUT2D eigenvalue weighted by atomic mass is 32.1. The van der Waals surface area contributed by atoms with Crippen LogP contribution in [0.2, 0.25) is 0 Å². The lowest BCUT2D eigenvalue weighted by Crippen LogP contribution is -2.10. The molecule has 0 aliphatic carbocycles. The molecule has 0 fully saturated rings. The van der Waals surface area contributed by atoms with Crippen molar-refractivity contribution >= 4 is 12.6 Å². The highest BCUT2D eigenvalue weighted by Gasteiger charge is 2.25. The third kappa shape index (κ3) is 3.55. The Hall–Kier alpha value is -0.980. The molecule has 0 N–H and O–H groups in total. The van der Waals surface area contributed by atoms with Gasteiger partial charge in [0.2, 0.25) is 0 Å². The Labute approximate surface area is 103 Å². The van der Waals surface area contributed by atoms with E-state index < -0.39 is 5.54 Å². The smallest absolute Gasteiger partial charge is 0.252 e. The minimum absolute atomic E-state index is 0.430. The maximum absolute atomic E-state index is 7.13. The zero-order valence-corrected chi connectivity index (χ0v) is 10.6. The second kappa shape index (κ2) is 5.93. The molecule has 0 spiro atoms. The third-order valence-electron chi connectivity index (χ3n) is 2.57. The molecule has 16 heavy (non-hydrogen) atoms. The van der Waals surface area contributed by atoms with Crippen LogP contribution in [0, 0.1) is 6.57 Å². The van der Waals surface area contributed by atoms with E-state index in [2.05, 4.69) is 29.6 Å². The van der Waals surface area contributed by atoms with E-state index in [0.717, 1.165) is 12.0 Å². The van der Waals surface area contributed by atoms with Gasteiger partial charge in [0, 0.05) is 19.4 Å². The second-order valence-electron chi connectivity index (χ2n) is 4.16. The van der Waals surface area contributed by atoms with Crippen LogP contribution in [0.4, 0.5) is 0 Å². The molecule has 0 aromatic heterocycles. The first-order valence-electron chi connectivity index (χ1n) is 5.27. The highest BCUT2D eigenvalue weighted by molar-refractivity contribution is 7.80. The first kappa shape index (κ1) is 13.1. The van der Waals surface area contributed by atoms with Gasteiger partial charge in [-0.25, -0.2) is 6.57 Å². The van der Waals surface area contributed by atoms with Crippen LogP contribution in [0.15, 0.2) is 24.3 Å². The molecular formula is C13H17NOS. The summed E-state index contributed by atoms with van der Waals surface area (Å²) in [6.45, 7) is 11.7. The zero-order valence-electron chi connectivity index (χ0n) is 9.73. The average molecular weight is 235 g/mol. The zero-order chi connectivity index (χ0) is 12.0. The van der Waals surface area contributed by atoms with Gasteiger partial charge in [-0.1, -0.05) is 24.3 Å². The van der Waals surface area contributed by atoms with E-state index in [1.165, 1.54) is 5.56 Å². The van der Waals surface area contributed by atoms with Gasteiger partial charge in [-0.05, 0) is 12.0 Å². The van der Waals surface area contributed by atoms with E-state index in [0.29, 0.717) is 12.5 Å². The standard InChI is InChI=1S/C13H17NOS/c1-13(2,14-3)12-6-4-11(5-7-12)8-9-15-10-16/h4-7,16H,8-10H2,1-2H3. The molecule has 0 radical (unpaired) electrons. The number of nitrogens with zero attached hydrogens (tertiary/aromatic N) is 1. The second-order valence-corrected chi connectivity index (χ2v) is 4.41. The first-order valence-corrected chi connectivity index (χ1v) is 5.90. The Morgan fingerprint density at radius 3 is 2.44 bits per heavy atom. The summed E-state index contributed by atoms with van der Waals surface area (Å²) in [5.41, 5.74) is 1.85. The summed E-state index contributed by atoms with van der Waals surface area (Å²) in [4.78, 5) is 3.61. The summed E-state index contributed by atoms with van der Waals surface area (Å²) in [7, 11) is 0. The van der Waals surface area contributed by atoms with Crippen LogP contribution in [0.25, 0.3) is 4.85 Å². The lowest BCUT2D eigenvalue weighted by atomic mass is 9.94. The van der Waals surface area contributed by atoms with E-state index in [1.54, 1.807) is 0 Å². The highest BCUT2D eigenvalue weighted by Crippen LogP contribution is 2.24. The fraction of sp³-hybridized carbons (Fsp3) is 0.462. The van der Waals surface area contributed by atoms with E-state index in [1.807, 2.05) is 26.0 Å². The number of hydrogen-bond acceptors (Lipinski definition) is 2. The van der Waals surface area contributed by atoms with Gasteiger partial charge in [0.15, 0.2) is 0 Å². The molecule has 3 heteroatoms. The SMILES string of the molecule is [C-]#[N+]C(C)(C)c1ccc(CCOCS)cc1. The van der Waals surface area contributed by atoms with Crippen LogP contribution in [-0.4, -0.2) is 12.5 Å². The number of rotatable bonds is 5. The normalized spacial score (nSPS) is 11.1. The van der Waals surface area contributed by atoms with Crippen molar-refractivity contribution in [2.24, 2.45) is 0 Å². The quantitative estimate of drug-likeness (QED) is 0.358. The number of benzene rings is 1. The number of ether oxygens (including phenoxy) is 1. The lowest BCUT2D eigenvalue weighted by Gasteiger charge is -2.11. The van der Waals surface area contributed by atoms with Gasteiger partial charge in [-0.2, -0.15) is 12.6 Å². The molecule has 1 aromatic carbocycles. The predicted octanol–water partition coefficient (Wildman–Crippen LogP) is 3.29. The van der Waals surface area contributed by atoms with Crippen molar-refractivity contribution in [3.05, 3.63) is 46.8 Å². The summed E-state index contributed by atoms with van der Waals surface area (Å²) in [5, 5.41) is 0. The van der Waals surface area contributed by atoms with E-state index in [-0.39, 0.29) is 0 Å². The van der Waals surface area contributed by atoms with Crippen molar-refractivity contribution in [3.8, 4) is 0 Å². The molecule has 0 saturated heterocycles. The van der Waals surface area contributed by atoms with E-state index in [4.69, 9.17) is 11.3 Å². The third-order valence-corrected chi connectivity index (χ3v) is 2.75. The van der Waals surface area contributed by atoms with E-state index >= 15 is 0 Å². The van der Waals surface area contributed by atoms with Crippen LogP contribution >= 0.6 is 12.6 Å². The van der Waals surface area contributed by atoms with Crippen molar-refractivity contribution in [2.75, 3.05) is 12.5 Å². The van der Waals surface area contributed by atoms with Crippen LogP contribution < -0.4 is 0 Å². The van der Waals surface area contributed by atoms with Crippen LogP contribution in [0.5, 0.6) is 0 Å². The molecule has 1 aromatic rings. The van der Waals surface area contributed by atoms with Gasteiger partial charge in [0.25, 0.3) is 5.54 Å². The van der Waals surface area contributed by atoms with Crippen molar-refractivity contribution in [1.29, 1.82) is 0 Å². The van der Waals surface area contributed by atoms with Crippen molar-refractivity contribution < 1.29 is 4.74 Å². The Balaban J connectivity index is 2.65. The fourth-order valence-corrected chi connectivity index (χ4v) is 1.53. The molecule has 86 valence electrons. The molecule has 0 saturated carbocycles. The molecule has 2 nitrogen and oxygen atoms in total. The Bertz CT molecular complexity index is 365. The van der Waals surface area contributed by atoms with Crippen molar-refractivity contribution in [3.63, 3.8) is 0 Å². The number of thiol groups is 1. The van der Waals surface area contributed by atoms with Gasteiger partial charge < -0.3 is 9.58 Å². The Morgan fingerprint density at radius 2 is 1.94 bits per heavy atom. The Kier molecular flexibility index (Phi) is 4.85. The first-order chi connectivity index (χ1) is 7.60. The van der Waals surface area contributed by atoms with Crippen LogP contribution in [0.1, 0.15) is 25.0 Å². The monoisotopic (exact) mass is 235 g/mol. The summed E-state index contributed by atoms with van der Waals surface area (Å²) in [5.74, 6) is 0.461. The van der Waals surface area contributed by atoms with Gasteiger partial charge in [-0.15, -0.1) is 0 Å². The van der Waals surface area contributed by atoms with Gasteiger partial charge in [0.05, 0.1) is 12.5 Å². The van der Waals surface area contributed by atoms with Gasteiger partial charge in [-0.3, -0.25) is 0 Å². The molecule has 1 rings (SSSR count). The van der Waals surface area contributed by atoms with Crippen LogP contribution in [0.3, 0.4) is 0 Å². The molecular weight excluding hydrogens is 218 g/mol. The summed E-state index contributed by atoms with van der Waals surface area (Å²) in [6, 6.07) is 8.16. The Morgan fingerprint density at radius 1 is 1.31 bits per heavy atom. The molecule has 0 unspecified atom stereocenters. The molecule has 0 amide bonds. The minimum atomic E-state index is -0.430. The van der Waals surface area contributed by atoms with E-state index in [9.17, 15) is 0 Å². The maximum Gasteiger partial charge on any atom is 0.252 e. The summed E-state index contributed by atoms with van der Waals surface area (Å²) in [6.07, 6.45) is 0.888. The van der Waals surface area contributed by atoms with Gasteiger partial charge in [0.1, 0.15) is 0 Å². The summed E-state index contributed by atoms with van der Waals surface area (Å²) >= 11 is 3.98. The minimum Gasteiger partial charge on any atom is -0.371 e.